The minimum absolute atomic E-state index is 0.0342. The number of fused-ring (bicyclic) bond motifs is 2. The lowest BCUT2D eigenvalue weighted by Gasteiger charge is -2.45. The molecule has 2 fully saturated rings. The summed E-state index contributed by atoms with van der Waals surface area (Å²) in [5.41, 5.74) is 0. The van der Waals surface area contributed by atoms with Crippen LogP contribution in [0.1, 0.15) is 49.1 Å². The molecule has 0 radical (unpaired) electrons. The zero-order chi connectivity index (χ0) is 11.0. The van der Waals surface area contributed by atoms with Crippen molar-refractivity contribution in [2.24, 2.45) is 0 Å². The molecule has 1 amide bonds. The fraction of sp³-hybridized carbons (Fsp3) is 0.727. The third kappa shape index (κ3) is 1.50. The van der Waals surface area contributed by atoms with E-state index in [0.717, 1.165) is 25.7 Å². The van der Waals surface area contributed by atoms with Gasteiger partial charge in [0.25, 0.3) is 5.91 Å². The summed E-state index contributed by atoms with van der Waals surface area (Å²) >= 11 is 0. The number of aromatic nitrogens is 3. The first kappa shape index (κ1) is 9.81. The normalized spacial score (nSPS) is 29.1. The van der Waals surface area contributed by atoms with E-state index in [4.69, 9.17) is 0 Å². The highest BCUT2D eigenvalue weighted by Gasteiger charge is 2.38. The molecule has 2 aliphatic rings. The topological polar surface area (TPSA) is 61.9 Å². The summed E-state index contributed by atoms with van der Waals surface area (Å²) in [7, 11) is 0. The Kier molecular flexibility index (Phi) is 2.38. The third-order valence-electron chi connectivity index (χ3n) is 3.79. The summed E-state index contributed by atoms with van der Waals surface area (Å²) in [5.74, 6) is 0.422. The van der Waals surface area contributed by atoms with Gasteiger partial charge in [-0.3, -0.25) is 9.89 Å². The minimum Gasteiger partial charge on any atom is -0.330 e. The second-order valence-electron chi connectivity index (χ2n) is 4.72. The van der Waals surface area contributed by atoms with Gasteiger partial charge in [-0.2, -0.15) is 5.10 Å². The summed E-state index contributed by atoms with van der Waals surface area (Å²) < 4.78 is 0. The molecule has 5 nitrogen and oxygen atoms in total. The molecular formula is C11H16N4O. The molecule has 16 heavy (non-hydrogen) atoms. The molecule has 0 atom stereocenters. The molecule has 3 rings (SSSR count). The number of nitrogens with zero attached hydrogens (tertiary/aromatic N) is 3. The van der Waals surface area contributed by atoms with Gasteiger partial charge in [-0.15, -0.1) is 0 Å². The highest BCUT2D eigenvalue weighted by Crippen LogP contribution is 2.34. The van der Waals surface area contributed by atoms with E-state index in [1.54, 1.807) is 0 Å². The molecular weight excluding hydrogens is 204 g/mol. The second kappa shape index (κ2) is 3.88. The average molecular weight is 220 g/mol. The standard InChI is InChI=1S/C11H16N4O/c16-11(10-12-7-13-14-10)15-8-3-1-4-9(15)6-2-5-8/h7-9H,1-6H2,(H,12,13,14). The zero-order valence-electron chi connectivity index (χ0n) is 9.22. The summed E-state index contributed by atoms with van der Waals surface area (Å²) in [4.78, 5) is 18.3. The van der Waals surface area contributed by atoms with E-state index in [9.17, 15) is 4.79 Å². The number of rotatable bonds is 1. The maximum Gasteiger partial charge on any atom is 0.291 e. The van der Waals surface area contributed by atoms with Crippen LogP contribution >= 0.6 is 0 Å². The summed E-state index contributed by atoms with van der Waals surface area (Å²) in [5, 5.41) is 6.42. The highest BCUT2D eigenvalue weighted by molar-refractivity contribution is 5.91. The Morgan fingerprint density at radius 3 is 2.38 bits per heavy atom. The van der Waals surface area contributed by atoms with E-state index in [1.807, 2.05) is 4.90 Å². The van der Waals surface area contributed by atoms with Crippen molar-refractivity contribution >= 4 is 5.91 Å². The van der Waals surface area contributed by atoms with Gasteiger partial charge < -0.3 is 4.90 Å². The summed E-state index contributed by atoms with van der Waals surface area (Å²) in [6.45, 7) is 0. The van der Waals surface area contributed by atoms with Crippen LogP contribution in [0.2, 0.25) is 0 Å². The van der Waals surface area contributed by atoms with Crippen LogP contribution in [0.25, 0.3) is 0 Å². The van der Waals surface area contributed by atoms with Crippen molar-refractivity contribution in [3.63, 3.8) is 0 Å². The lowest BCUT2D eigenvalue weighted by molar-refractivity contribution is 0.0274. The quantitative estimate of drug-likeness (QED) is 0.777. The molecule has 3 heterocycles. The summed E-state index contributed by atoms with van der Waals surface area (Å²) in [6, 6.07) is 0.871. The van der Waals surface area contributed by atoms with Gasteiger partial charge in [-0.05, 0) is 38.5 Å². The van der Waals surface area contributed by atoms with Gasteiger partial charge in [0, 0.05) is 12.1 Å². The van der Waals surface area contributed by atoms with Crippen LogP contribution in [0.5, 0.6) is 0 Å². The zero-order valence-corrected chi connectivity index (χ0v) is 9.22. The number of carbonyl (C=O) groups excluding carboxylic acids is 1. The van der Waals surface area contributed by atoms with Crippen molar-refractivity contribution in [1.82, 2.24) is 20.1 Å². The van der Waals surface area contributed by atoms with E-state index in [2.05, 4.69) is 15.2 Å². The molecule has 2 aliphatic heterocycles. The van der Waals surface area contributed by atoms with Crippen molar-refractivity contribution in [1.29, 1.82) is 0 Å². The third-order valence-corrected chi connectivity index (χ3v) is 3.79. The first-order valence-corrected chi connectivity index (χ1v) is 6.04. The maximum atomic E-state index is 12.3. The minimum atomic E-state index is 0.0342. The number of hydrogen-bond acceptors (Lipinski definition) is 3. The number of aromatic amines is 1. The number of nitrogens with one attached hydrogen (secondary N) is 1. The number of amides is 1. The fourth-order valence-corrected chi connectivity index (χ4v) is 3.08. The van der Waals surface area contributed by atoms with E-state index < -0.39 is 0 Å². The van der Waals surface area contributed by atoms with E-state index in [1.165, 1.54) is 19.2 Å². The maximum absolute atomic E-state index is 12.3. The Hall–Kier alpha value is -1.39. The lowest BCUT2D eigenvalue weighted by Crippen LogP contribution is -2.52. The molecule has 1 N–H and O–H groups in total. The Bertz CT molecular complexity index is 353. The molecule has 86 valence electrons. The molecule has 1 aromatic rings. The molecule has 5 heteroatoms. The molecule has 0 saturated carbocycles. The van der Waals surface area contributed by atoms with Crippen molar-refractivity contribution in [3.8, 4) is 0 Å². The van der Waals surface area contributed by atoms with Crippen LogP contribution in [-0.2, 0) is 0 Å². The highest BCUT2D eigenvalue weighted by atomic mass is 16.2. The van der Waals surface area contributed by atoms with Crippen LogP contribution in [0.4, 0.5) is 0 Å². The fourth-order valence-electron chi connectivity index (χ4n) is 3.08. The van der Waals surface area contributed by atoms with Crippen LogP contribution in [0.15, 0.2) is 6.33 Å². The molecule has 0 spiro atoms. The number of piperidine rings is 2. The number of H-pyrrole nitrogens is 1. The van der Waals surface area contributed by atoms with E-state index in [0.29, 0.717) is 17.9 Å². The van der Waals surface area contributed by atoms with Crippen molar-refractivity contribution in [2.75, 3.05) is 0 Å². The van der Waals surface area contributed by atoms with Crippen molar-refractivity contribution < 1.29 is 4.79 Å². The second-order valence-corrected chi connectivity index (χ2v) is 4.72. The Labute approximate surface area is 94.2 Å². The van der Waals surface area contributed by atoms with Gasteiger partial charge >= 0.3 is 0 Å². The smallest absolute Gasteiger partial charge is 0.291 e. The lowest BCUT2D eigenvalue weighted by atomic mass is 9.84. The van der Waals surface area contributed by atoms with E-state index >= 15 is 0 Å². The van der Waals surface area contributed by atoms with Gasteiger partial charge in [0.15, 0.2) is 0 Å². The van der Waals surface area contributed by atoms with Gasteiger partial charge in [0.1, 0.15) is 6.33 Å². The molecule has 2 bridgehead atoms. The average Bonchev–Trinajstić information content (AvgIpc) is 2.80. The molecule has 0 aliphatic carbocycles. The van der Waals surface area contributed by atoms with E-state index in [-0.39, 0.29) is 5.91 Å². The van der Waals surface area contributed by atoms with Gasteiger partial charge in [-0.25, -0.2) is 4.98 Å². The summed E-state index contributed by atoms with van der Waals surface area (Å²) in [6.07, 6.45) is 8.51. The predicted molar refractivity (Wildman–Crippen MR) is 57.8 cm³/mol. The number of hydrogen-bond donors (Lipinski definition) is 1. The van der Waals surface area contributed by atoms with Gasteiger partial charge in [0.2, 0.25) is 5.82 Å². The van der Waals surface area contributed by atoms with Crippen LogP contribution in [0, 0.1) is 0 Å². The largest absolute Gasteiger partial charge is 0.330 e. The molecule has 2 saturated heterocycles. The Morgan fingerprint density at radius 2 is 1.88 bits per heavy atom. The monoisotopic (exact) mass is 220 g/mol. The van der Waals surface area contributed by atoms with Gasteiger partial charge in [0.05, 0.1) is 0 Å². The van der Waals surface area contributed by atoms with Crippen molar-refractivity contribution in [3.05, 3.63) is 12.2 Å². The van der Waals surface area contributed by atoms with Crippen LogP contribution in [-0.4, -0.2) is 38.1 Å². The van der Waals surface area contributed by atoms with Crippen molar-refractivity contribution in [2.45, 2.75) is 50.6 Å². The first-order chi connectivity index (χ1) is 7.86. The predicted octanol–water partition coefficient (Wildman–Crippen LogP) is 1.35. The number of carbonyl (C=O) groups is 1. The molecule has 0 unspecified atom stereocenters. The van der Waals surface area contributed by atoms with Crippen LogP contribution in [0.3, 0.4) is 0 Å². The SMILES string of the molecule is O=C(c1ncn[nH]1)N1C2CCCC1CCC2. The Balaban J connectivity index is 1.85. The first-order valence-electron chi connectivity index (χ1n) is 6.04. The molecule has 1 aromatic heterocycles. The Morgan fingerprint density at radius 1 is 1.25 bits per heavy atom. The molecule has 0 aromatic carbocycles. The van der Waals surface area contributed by atoms with Crippen LogP contribution < -0.4 is 0 Å². The van der Waals surface area contributed by atoms with Gasteiger partial charge in [-0.1, -0.05) is 0 Å².